The molecule has 0 unspecified atom stereocenters. The summed E-state index contributed by atoms with van der Waals surface area (Å²) in [5, 5.41) is 0. The number of hydrogen-bond donors (Lipinski definition) is 0. The summed E-state index contributed by atoms with van der Waals surface area (Å²) in [5.74, 6) is 1.55. The highest BCUT2D eigenvalue weighted by molar-refractivity contribution is 7.99. The van der Waals surface area contributed by atoms with Crippen molar-refractivity contribution in [1.29, 1.82) is 0 Å². The number of benzene rings is 2. The Bertz CT molecular complexity index is 822. The van der Waals surface area contributed by atoms with Crippen LogP contribution in [0, 0.1) is 0 Å². The molecule has 0 saturated heterocycles. The Morgan fingerprint density at radius 1 is 0.960 bits per heavy atom. The monoisotopic (exact) mass is 348 g/mol. The van der Waals surface area contributed by atoms with Crippen LogP contribution in [0.25, 0.3) is 0 Å². The number of pyridine rings is 1. The van der Waals surface area contributed by atoms with Crippen LogP contribution in [0.5, 0.6) is 0 Å². The summed E-state index contributed by atoms with van der Waals surface area (Å²) in [6, 6.07) is 23.4. The van der Waals surface area contributed by atoms with E-state index in [4.69, 9.17) is 0 Å². The normalized spacial score (nSPS) is 10.4. The molecule has 3 nitrogen and oxygen atoms in total. The van der Waals surface area contributed by atoms with Gasteiger partial charge < -0.3 is 0 Å². The molecule has 0 aliphatic heterocycles. The lowest BCUT2D eigenvalue weighted by Gasteiger charge is -2.23. The van der Waals surface area contributed by atoms with Gasteiger partial charge in [-0.1, -0.05) is 55.5 Å². The Hall–Kier alpha value is -2.59. The van der Waals surface area contributed by atoms with Gasteiger partial charge in [-0.2, -0.15) is 0 Å². The molecule has 0 atom stereocenters. The summed E-state index contributed by atoms with van der Waals surface area (Å²) >= 11 is 1.68. The highest BCUT2D eigenvalue weighted by Gasteiger charge is 2.21. The lowest BCUT2D eigenvalue weighted by molar-refractivity contribution is 0.0981. The number of carbonyl (C=O) groups is 1. The topological polar surface area (TPSA) is 33.2 Å². The van der Waals surface area contributed by atoms with E-state index < -0.39 is 0 Å². The van der Waals surface area contributed by atoms with Crippen molar-refractivity contribution >= 4 is 23.5 Å². The second kappa shape index (κ2) is 8.49. The van der Waals surface area contributed by atoms with E-state index in [1.165, 1.54) is 0 Å². The molecule has 0 saturated carbocycles. The number of carbonyl (C=O) groups excluding carboxylic acids is 1. The molecule has 1 aromatic heterocycles. The first-order chi connectivity index (χ1) is 12.3. The van der Waals surface area contributed by atoms with E-state index in [0.717, 1.165) is 21.8 Å². The first-order valence-electron chi connectivity index (χ1n) is 8.28. The van der Waals surface area contributed by atoms with Gasteiger partial charge in [0.1, 0.15) is 5.82 Å². The van der Waals surface area contributed by atoms with Gasteiger partial charge in [0.05, 0.1) is 12.1 Å². The third kappa shape index (κ3) is 4.28. The zero-order valence-electron chi connectivity index (χ0n) is 14.1. The number of nitrogens with zero attached hydrogens (tertiary/aromatic N) is 2. The Balaban J connectivity index is 1.98. The van der Waals surface area contributed by atoms with Crippen LogP contribution in [0.3, 0.4) is 0 Å². The second-order valence-corrected chi connectivity index (χ2v) is 6.80. The van der Waals surface area contributed by atoms with Crippen LogP contribution in [0.2, 0.25) is 0 Å². The molecular weight excluding hydrogens is 328 g/mol. The summed E-state index contributed by atoms with van der Waals surface area (Å²) in [7, 11) is 0. The van der Waals surface area contributed by atoms with E-state index in [0.29, 0.717) is 12.4 Å². The molecule has 0 aliphatic rings. The van der Waals surface area contributed by atoms with Gasteiger partial charge in [0.25, 0.3) is 5.91 Å². The van der Waals surface area contributed by atoms with E-state index >= 15 is 0 Å². The second-order valence-electron chi connectivity index (χ2n) is 5.49. The van der Waals surface area contributed by atoms with Crippen LogP contribution in [0.1, 0.15) is 22.8 Å². The predicted molar refractivity (Wildman–Crippen MR) is 104 cm³/mol. The van der Waals surface area contributed by atoms with Crippen molar-refractivity contribution < 1.29 is 4.79 Å². The number of amides is 1. The molecule has 25 heavy (non-hydrogen) atoms. The van der Waals surface area contributed by atoms with Gasteiger partial charge in [-0.25, -0.2) is 4.98 Å². The zero-order valence-corrected chi connectivity index (χ0v) is 14.9. The molecule has 0 spiro atoms. The molecule has 3 aromatic rings. The van der Waals surface area contributed by atoms with Crippen molar-refractivity contribution in [2.75, 3.05) is 10.7 Å². The van der Waals surface area contributed by atoms with Gasteiger partial charge in [0.15, 0.2) is 0 Å². The highest BCUT2D eigenvalue weighted by atomic mass is 32.2. The lowest BCUT2D eigenvalue weighted by Crippen LogP contribution is -2.31. The van der Waals surface area contributed by atoms with Crippen LogP contribution >= 0.6 is 11.8 Å². The SMILES string of the molecule is CCSc1ccccc1C(=O)N(Cc1ccccc1)c1ccccn1. The largest absolute Gasteiger partial charge is 0.288 e. The van der Waals surface area contributed by atoms with Crippen LogP contribution in [0.15, 0.2) is 83.9 Å². The van der Waals surface area contributed by atoms with Gasteiger partial charge >= 0.3 is 0 Å². The van der Waals surface area contributed by atoms with Crippen LogP contribution < -0.4 is 4.90 Å². The van der Waals surface area contributed by atoms with E-state index in [-0.39, 0.29) is 5.91 Å². The van der Waals surface area contributed by atoms with Gasteiger partial charge in [0, 0.05) is 11.1 Å². The summed E-state index contributed by atoms with van der Waals surface area (Å²) in [6.07, 6.45) is 1.72. The maximum atomic E-state index is 13.3. The Labute approximate surface area is 152 Å². The molecule has 3 rings (SSSR count). The Morgan fingerprint density at radius 3 is 2.40 bits per heavy atom. The molecule has 0 N–H and O–H groups in total. The Kier molecular flexibility index (Phi) is 5.86. The first kappa shape index (κ1) is 17.2. The van der Waals surface area contributed by atoms with E-state index in [1.807, 2.05) is 72.8 Å². The fraction of sp³-hybridized carbons (Fsp3) is 0.143. The molecule has 4 heteroatoms. The minimum Gasteiger partial charge on any atom is -0.288 e. The molecule has 0 fully saturated rings. The van der Waals surface area contributed by atoms with E-state index in [2.05, 4.69) is 11.9 Å². The van der Waals surface area contributed by atoms with Crippen LogP contribution in [0.4, 0.5) is 5.82 Å². The fourth-order valence-corrected chi connectivity index (χ4v) is 3.40. The quantitative estimate of drug-likeness (QED) is 0.585. The molecule has 1 heterocycles. The summed E-state index contributed by atoms with van der Waals surface area (Å²) in [5.41, 5.74) is 1.79. The van der Waals surface area contributed by atoms with Crippen molar-refractivity contribution in [3.8, 4) is 0 Å². The zero-order chi connectivity index (χ0) is 17.5. The van der Waals surface area contributed by atoms with Gasteiger partial charge in [-0.15, -0.1) is 11.8 Å². The van der Waals surface area contributed by atoms with Crippen molar-refractivity contribution in [2.24, 2.45) is 0 Å². The molecule has 0 aliphatic carbocycles. The summed E-state index contributed by atoms with van der Waals surface area (Å²) in [6.45, 7) is 2.58. The number of anilines is 1. The molecule has 0 radical (unpaired) electrons. The molecule has 0 bridgehead atoms. The Morgan fingerprint density at radius 2 is 1.68 bits per heavy atom. The maximum Gasteiger partial charge on any atom is 0.260 e. The first-order valence-corrected chi connectivity index (χ1v) is 9.27. The van der Waals surface area contributed by atoms with E-state index in [9.17, 15) is 4.79 Å². The standard InChI is InChI=1S/C21H20N2OS/c1-2-25-19-13-7-6-12-18(19)21(24)23(20-14-8-9-15-22-20)16-17-10-4-3-5-11-17/h3-15H,2,16H2,1H3. The third-order valence-corrected chi connectivity index (χ3v) is 4.73. The van der Waals surface area contributed by atoms with Crippen molar-refractivity contribution in [2.45, 2.75) is 18.4 Å². The van der Waals surface area contributed by atoms with Crippen molar-refractivity contribution in [3.63, 3.8) is 0 Å². The predicted octanol–water partition coefficient (Wildman–Crippen LogP) is 5.04. The number of aromatic nitrogens is 1. The van der Waals surface area contributed by atoms with Crippen molar-refractivity contribution in [3.05, 3.63) is 90.1 Å². The maximum absolute atomic E-state index is 13.3. The number of rotatable bonds is 6. The molecule has 1 amide bonds. The molecule has 2 aromatic carbocycles. The highest BCUT2D eigenvalue weighted by Crippen LogP contribution is 2.26. The van der Waals surface area contributed by atoms with E-state index in [1.54, 1.807) is 22.9 Å². The van der Waals surface area contributed by atoms with Crippen LogP contribution in [-0.4, -0.2) is 16.6 Å². The fourth-order valence-electron chi connectivity index (χ4n) is 2.61. The average molecular weight is 348 g/mol. The summed E-state index contributed by atoms with van der Waals surface area (Å²) in [4.78, 5) is 20.5. The third-order valence-electron chi connectivity index (χ3n) is 3.77. The van der Waals surface area contributed by atoms with Gasteiger partial charge in [-0.05, 0) is 35.6 Å². The van der Waals surface area contributed by atoms with Crippen molar-refractivity contribution in [1.82, 2.24) is 4.98 Å². The number of thioether (sulfide) groups is 1. The van der Waals surface area contributed by atoms with Crippen LogP contribution in [-0.2, 0) is 6.54 Å². The van der Waals surface area contributed by atoms with Gasteiger partial charge in [-0.3, -0.25) is 9.69 Å². The molecule has 126 valence electrons. The smallest absolute Gasteiger partial charge is 0.260 e. The minimum absolute atomic E-state index is 0.0286. The number of hydrogen-bond acceptors (Lipinski definition) is 3. The average Bonchev–Trinajstić information content (AvgIpc) is 2.68. The summed E-state index contributed by atoms with van der Waals surface area (Å²) < 4.78 is 0. The molecular formula is C21H20N2OS. The lowest BCUT2D eigenvalue weighted by atomic mass is 10.1. The minimum atomic E-state index is -0.0286. The van der Waals surface area contributed by atoms with Gasteiger partial charge in [0.2, 0.25) is 0 Å².